The van der Waals surface area contributed by atoms with Crippen LogP contribution in [0.2, 0.25) is 0 Å². The number of H-pyrrole nitrogens is 1. The first-order valence-corrected chi connectivity index (χ1v) is 4.94. The highest BCUT2D eigenvalue weighted by Gasteiger charge is 2.00. The molecule has 4 heteroatoms. The number of esters is 1. The predicted octanol–water partition coefficient (Wildman–Crippen LogP) is 1.76. The molecule has 0 aliphatic heterocycles. The van der Waals surface area contributed by atoms with Gasteiger partial charge in [0.15, 0.2) is 0 Å². The quantitative estimate of drug-likeness (QED) is 0.627. The molecule has 1 heterocycles. The summed E-state index contributed by atoms with van der Waals surface area (Å²) in [5.74, 6) is -0.337. The number of ether oxygens (including phenoxy) is 1. The van der Waals surface area contributed by atoms with E-state index in [-0.39, 0.29) is 12.5 Å². The molecule has 1 aromatic carbocycles. The van der Waals surface area contributed by atoms with Gasteiger partial charge in [0, 0.05) is 28.9 Å². The minimum absolute atomic E-state index is 0.0516. The summed E-state index contributed by atoms with van der Waals surface area (Å²) in [5.41, 5.74) is 2.03. The molecule has 0 fully saturated rings. The molecule has 82 valence electrons. The fourth-order valence-electron chi connectivity index (χ4n) is 1.48. The molecule has 1 N–H and O–H groups in total. The maximum atomic E-state index is 10.9. The van der Waals surface area contributed by atoms with E-state index in [4.69, 9.17) is 0 Å². The van der Waals surface area contributed by atoms with Crippen LogP contribution in [-0.2, 0) is 9.53 Å². The van der Waals surface area contributed by atoms with Gasteiger partial charge in [-0.25, -0.2) is 0 Å². The third kappa shape index (κ3) is 2.11. The van der Waals surface area contributed by atoms with Gasteiger partial charge in [-0.2, -0.15) is 0 Å². The molecule has 0 atom stereocenters. The molecule has 4 nitrogen and oxygen atoms in total. The lowest BCUT2D eigenvalue weighted by molar-refractivity contribution is -0.138. The maximum absolute atomic E-state index is 10.9. The highest BCUT2D eigenvalue weighted by atomic mass is 16.5. The number of carbonyl (C=O) groups is 1. The van der Waals surface area contributed by atoms with Gasteiger partial charge in [-0.15, -0.1) is 0 Å². The number of rotatable bonds is 3. The lowest BCUT2D eigenvalue weighted by atomic mass is 10.2. The van der Waals surface area contributed by atoms with Crippen LogP contribution in [-0.4, -0.2) is 30.8 Å². The molecule has 0 amide bonds. The van der Waals surface area contributed by atoms with Crippen molar-refractivity contribution in [1.29, 1.82) is 0 Å². The number of aromatic nitrogens is 1. The van der Waals surface area contributed by atoms with Crippen LogP contribution in [0.15, 0.2) is 35.5 Å². The average molecular weight is 216 g/mol. The molecule has 0 bridgehead atoms. The van der Waals surface area contributed by atoms with E-state index in [1.54, 1.807) is 6.21 Å². The molecule has 2 aromatic rings. The van der Waals surface area contributed by atoms with Crippen molar-refractivity contribution in [3.63, 3.8) is 0 Å². The number of benzene rings is 1. The van der Waals surface area contributed by atoms with E-state index >= 15 is 0 Å². The number of nitrogens with zero attached hydrogens (tertiary/aromatic N) is 1. The van der Waals surface area contributed by atoms with Crippen LogP contribution in [0.4, 0.5) is 0 Å². The standard InChI is InChI=1S/C12H12N2O2/c1-16-12(15)8-13-6-9-7-14-11-5-3-2-4-10(9)11/h2-7,14H,8H2,1H3. The van der Waals surface area contributed by atoms with Crippen molar-refractivity contribution in [2.45, 2.75) is 0 Å². The molecule has 1 aromatic heterocycles. The Morgan fingerprint density at radius 1 is 1.50 bits per heavy atom. The summed E-state index contributed by atoms with van der Waals surface area (Å²) in [5, 5.41) is 1.09. The number of aromatic amines is 1. The maximum Gasteiger partial charge on any atom is 0.327 e. The Labute approximate surface area is 93.0 Å². The second-order valence-electron chi connectivity index (χ2n) is 3.34. The molecule has 0 unspecified atom stereocenters. The average Bonchev–Trinajstić information content (AvgIpc) is 2.73. The molecule has 0 saturated carbocycles. The summed E-state index contributed by atoms with van der Waals surface area (Å²) in [6, 6.07) is 7.93. The van der Waals surface area contributed by atoms with Gasteiger partial charge >= 0.3 is 5.97 Å². The smallest absolute Gasteiger partial charge is 0.327 e. The van der Waals surface area contributed by atoms with Gasteiger partial charge in [0.25, 0.3) is 0 Å². The first kappa shape index (κ1) is 10.4. The number of methoxy groups -OCH3 is 1. The van der Waals surface area contributed by atoms with Crippen molar-refractivity contribution >= 4 is 23.1 Å². The lowest BCUT2D eigenvalue weighted by Crippen LogP contribution is -2.04. The van der Waals surface area contributed by atoms with Crippen LogP contribution in [0.25, 0.3) is 10.9 Å². The van der Waals surface area contributed by atoms with Gasteiger partial charge in [-0.1, -0.05) is 18.2 Å². The van der Waals surface area contributed by atoms with Gasteiger partial charge in [-0.05, 0) is 6.07 Å². The second-order valence-corrected chi connectivity index (χ2v) is 3.34. The highest BCUT2D eigenvalue weighted by Crippen LogP contribution is 2.15. The molecule has 0 spiro atoms. The van der Waals surface area contributed by atoms with Crippen LogP contribution < -0.4 is 0 Å². The van der Waals surface area contributed by atoms with E-state index in [1.165, 1.54) is 7.11 Å². The van der Waals surface area contributed by atoms with Crippen molar-refractivity contribution < 1.29 is 9.53 Å². The summed E-state index contributed by atoms with van der Waals surface area (Å²) >= 11 is 0. The molecule has 0 aliphatic rings. The van der Waals surface area contributed by atoms with E-state index in [9.17, 15) is 4.79 Å². The van der Waals surface area contributed by atoms with E-state index in [0.29, 0.717) is 0 Å². The number of hydrogen-bond acceptors (Lipinski definition) is 3. The van der Waals surface area contributed by atoms with E-state index in [1.807, 2.05) is 30.5 Å². The Morgan fingerprint density at radius 3 is 3.12 bits per heavy atom. The predicted molar refractivity (Wildman–Crippen MR) is 62.8 cm³/mol. The molecular weight excluding hydrogens is 204 g/mol. The zero-order valence-electron chi connectivity index (χ0n) is 8.93. The lowest BCUT2D eigenvalue weighted by Gasteiger charge is -1.92. The molecule has 0 aliphatic carbocycles. The number of aliphatic imine (C=N–C) groups is 1. The topological polar surface area (TPSA) is 54.4 Å². The fourth-order valence-corrected chi connectivity index (χ4v) is 1.48. The van der Waals surface area contributed by atoms with E-state index in [0.717, 1.165) is 16.5 Å². The van der Waals surface area contributed by atoms with Gasteiger partial charge in [-0.3, -0.25) is 9.79 Å². The van der Waals surface area contributed by atoms with Crippen LogP contribution in [0, 0.1) is 0 Å². The van der Waals surface area contributed by atoms with E-state index in [2.05, 4.69) is 14.7 Å². The van der Waals surface area contributed by atoms with Crippen molar-refractivity contribution in [2.24, 2.45) is 4.99 Å². The van der Waals surface area contributed by atoms with Gasteiger partial charge in [0.1, 0.15) is 6.54 Å². The van der Waals surface area contributed by atoms with Crippen molar-refractivity contribution in [3.8, 4) is 0 Å². The highest BCUT2D eigenvalue weighted by molar-refractivity contribution is 5.99. The Hall–Kier alpha value is -2.10. The zero-order valence-corrected chi connectivity index (χ0v) is 8.93. The summed E-state index contributed by atoms with van der Waals surface area (Å²) in [6.07, 6.45) is 3.54. The largest absolute Gasteiger partial charge is 0.468 e. The number of carbonyl (C=O) groups excluding carboxylic acids is 1. The molecule has 0 radical (unpaired) electrons. The number of nitrogens with one attached hydrogen (secondary N) is 1. The number of hydrogen-bond donors (Lipinski definition) is 1. The zero-order chi connectivity index (χ0) is 11.4. The van der Waals surface area contributed by atoms with Crippen molar-refractivity contribution in [2.75, 3.05) is 13.7 Å². The Bertz CT molecular complexity index is 529. The molecule has 16 heavy (non-hydrogen) atoms. The van der Waals surface area contributed by atoms with Crippen LogP contribution >= 0.6 is 0 Å². The Kier molecular flexibility index (Phi) is 3.00. The second kappa shape index (κ2) is 4.61. The van der Waals surface area contributed by atoms with Gasteiger partial charge in [0.05, 0.1) is 7.11 Å². The SMILES string of the molecule is COC(=O)CN=Cc1c[nH]c2ccccc12. The van der Waals surface area contributed by atoms with Crippen LogP contribution in [0.5, 0.6) is 0 Å². The third-order valence-electron chi connectivity index (χ3n) is 2.30. The Balaban J connectivity index is 2.18. The summed E-state index contributed by atoms with van der Waals surface area (Å²) in [7, 11) is 1.35. The minimum atomic E-state index is -0.337. The summed E-state index contributed by atoms with van der Waals surface area (Å²) < 4.78 is 4.50. The van der Waals surface area contributed by atoms with Crippen LogP contribution in [0.1, 0.15) is 5.56 Å². The minimum Gasteiger partial charge on any atom is -0.468 e. The third-order valence-corrected chi connectivity index (χ3v) is 2.30. The molecule has 2 rings (SSSR count). The van der Waals surface area contributed by atoms with Gasteiger partial charge in [0.2, 0.25) is 0 Å². The monoisotopic (exact) mass is 216 g/mol. The van der Waals surface area contributed by atoms with Gasteiger partial charge < -0.3 is 9.72 Å². The molecule has 0 saturated heterocycles. The summed E-state index contributed by atoms with van der Waals surface area (Å²) in [6.45, 7) is 0.0516. The number of para-hydroxylation sites is 1. The molecular formula is C12H12N2O2. The van der Waals surface area contributed by atoms with Crippen molar-refractivity contribution in [3.05, 3.63) is 36.0 Å². The normalized spacial score (nSPS) is 11.1. The first-order valence-electron chi connectivity index (χ1n) is 4.94. The van der Waals surface area contributed by atoms with Crippen LogP contribution in [0.3, 0.4) is 0 Å². The van der Waals surface area contributed by atoms with E-state index < -0.39 is 0 Å². The Morgan fingerprint density at radius 2 is 2.31 bits per heavy atom. The van der Waals surface area contributed by atoms with Crippen molar-refractivity contribution in [1.82, 2.24) is 4.98 Å². The number of fused-ring (bicyclic) bond motifs is 1. The fraction of sp³-hybridized carbons (Fsp3) is 0.167. The first-order chi connectivity index (χ1) is 7.81. The summed E-state index contributed by atoms with van der Waals surface area (Å²) in [4.78, 5) is 18.0.